The number of nitrogens with zero attached hydrogens (tertiary/aromatic N) is 2. The van der Waals surface area contributed by atoms with E-state index in [4.69, 9.17) is 10.5 Å². The molecule has 0 spiro atoms. The van der Waals surface area contributed by atoms with Crippen LogP contribution in [0.4, 0.5) is 0 Å². The number of hydrogen-bond donors (Lipinski definition) is 1. The van der Waals surface area contributed by atoms with Gasteiger partial charge in [-0.1, -0.05) is 6.92 Å². The minimum atomic E-state index is -0.103. The molecule has 2 unspecified atom stereocenters. The van der Waals surface area contributed by atoms with E-state index < -0.39 is 0 Å². The summed E-state index contributed by atoms with van der Waals surface area (Å²) >= 11 is 0. The average Bonchev–Trinajstić information content (AvgIpc) is 2.64. The minimum Gasteiger partial charge on any atom is -0.380 e. The van der Waals surface area contributed by atoms with Crippen molar-refractivity contribution in [1.82, 2.24) is 9.78 Å². The fourth-order valence-corrected chi connectivity index (χ4v) is 1.41. The van der Waals surface area contributed by atoms with Gasteiger partial charge in [-0.05, 0) is 19.4 Å². The zero-order valence-electron chi connectivity index (χ0n) is 9.10. The summed E-state index contributed by atoms with van der Waals surface area (Å²) in [6.07, 6.45) is 2.86. The number of aryl methyl sites for hydroxylation is 1. The van der Waals surface area contributed by atoms with Gasteiger partial charge in [0.05, 0.1) is 17.8 Å². The molecule has 4 heteroatoms. The lowest BCUT2D eigenvalue weighted by Crippen LogP contribution is -2.27. The Bertz CT molecular complexity index is 272. The van der Waals surface area contributed by atoms with Gasteiger partial charge in [0.15, 0.2) is 0 Å². The molecule has 1 heterocycles. The predicted octanol–water partition coefficient (Wildman–Crippen LogP) is 1.33. The highest BCUT2D eigenvalue weighted by Crippen LogP contribution is 2.15. The second-order valence-electron chi connectivity index (χ2n) is 3.45. The largest absolute Gasteiger partial charge is 0.380 e. The van der Waals surface area contributed by atoms with Crippen molar-refractivity contribution in [3.05, 3.63) is 18.0 Å². The van der Waals surface area contributed by atoms with Gasteiger partial charge in [-0.2, -0.15) is 5.10 Å². The van der Waals surface area contributed by atoms with Crippen LogP contribution in [0.1, 0.15) is 32.0 Å². The van der Waals surface area contributed by atoms with Crippen molar-refractivity contribution in [3.63, 3.8) is 0 Å². The van der Waals surface area contributed by atoms with Gasteiger partial charge in [-0.3, -0.25) is 4.68 Å². The van der Waals surface area contributed by atoms with Crippen LogP contribution in [0.25, 0.3) is 0 Å². The third kappa shape index (κ3) is 2.33. The van der Waals surface area contributed by atoms with E-state index >= 15 is 0 Å². The predicted molar refractivity (Wildman–Crippen MR) is 55.9 cm³/mol. The Morgan fingerprint density at radius 1 is 1.64 bits per heavy atom. The van der Waals surface area contributed by atoms with Crippen LogP contribution in [0.2, 0.25) is 0 Å². The first-order chi connectivity index (χ1) is 6.70. The summed E-state index contributed by atoms with van der Waals surface area (Å²) in [6.45, 7) is 5.00. The number of rotatable bonds is 5. The van der Waals surface area contributed by atoms with Crippen LogP contribution >= 0.6 is 0 Å². The van der Waals surface area contributed by atoms with E-state index in [9.17, 15) is 0 Å². The van der Waals surface area contributed by atoms with Crippen molar-refractivity contribution in [3.8, 4) is 0 Å². The van der Waals surface area contributed by atoms with Gasteiger partial charge < -0.3 is 10.5 Å². The van der Waals surface area contributed by atoms with Crippen molar-refractivity contribution in [2.45, 2.75) is 39.0 Å². The molecule has 1 aromatic heterocycles. The van der Waals surface area contributed by atoms with Crippen molar-refractivity contribution < 1.29 is 4.74 Å². The van der Waals surface area contributed by atoms with E-state index in [1.54, 1.807) is 13.3 Å². The summed E-state index contributed by atoms with van der Waals surface area (Å²) in [6, 6.07) is 1.85. The summed E-state index contributed by atoms with van der Waals surface area (Å²) < 4.78 is 7.15. The van der Waals surface area contributed by atoms with Crippen molar-refractivity contribution in [2.24, 2.45) is 5.73 Å². The fourth-order valence-electron chi connectivity index (χ4n) is 1.41. The summed E-state index contributed by atoms with van der Waals surface area (Å²) in [7, 11) is 1.67. The van der Waals surface area contributed by atoms with Crippen LogP contribution in [0.3, 0.4) is 0 Å². The molecule has 0 saturated carbocycles. The maximum atomic E-state index is 6.04. The van der Waals surface area contributed by atoms with Crippen LogP contribution in [-0.4, -0.2) is 23.0 Å². The third-order valence-electron chi connectivity index (χ3n) is 2.40. The monoisotopic (exact) mass is 197 g/mol. The molecule has 0 radical (unpaired) electrons. The lowest BCUT2D eigenvalue weighted by atomic mass is 10.1. The van der Waals surface area contributed by atoms with Crippen LogP contribution in [0.15, 0.2) is 12.3 Å². The summed E-state index contributed by atoms with van der Waals surface area (Å²) in [5, 5.41) is 4.22. The first-order valence-electron chi connectivity index (χ1n) is 5.00. The molecule has 1 aromatic rings. The van der Waals surface area contributed by atoms with Gasteiger partial charge >= 0.3 is 0 Å². The van der Waals surface area contributed by atoms with Crippen LogP contribution in [0, 0.1) is 0 Å². The smallest absolute Gasteiger partial charge is 0.0751 e. The molecule has 0 aliphatic heterocycles. The topological polar surface area (TPSA) is 53.1 Å². The molecule has 2 atom stereocenters. The quantitative estimate of drug-likeness (QED) is 0.774. The molecule has 0 aliphatic carbocycles. The molecule has 0 bridgehead atoms. The van der Waals surface area contributed by atoms with E-state index in [1.165, 1.54) is 0 Å². The molecule has 2 N–H and O–H groups in total. The van der Waals surface area contributed by atoms with Gasteiger partial charge in [0.2, 0.25) is 0 Å². The molecular formula is C10H19N3O. The molecule has 80 valence electrons. The molecule has 0 aromatic carbocycles. The molecule has 0 fully saturated rings. The maximum absolute atomic E-state index is 6.04. The highest BCUT2D eigenvalue weighted by Gasteiger charge is 2.17. The average molecular weight is 197 g/mol. The van der Waals surface area contributed by atoms with Crippen LogP contribution in [0.5, 0.6) is 0 Å². The summed E-state index contributed by atoms with van der Waals surface area (Å²) in [5.74, 6) is 0. The Morgan fingerprint density at radius 2 is 2.36 bits per heavy atom. The molecule has 0 aliphatic rings. The van der Waals surface area contributed by atoms with E-state index in [0.29, 0.717) is 0 Å². The zero-order chi connectivity index (χ0) is 10.6. The molecule has 0 amide bonds. The summed E-state index contributed by atoms with van der Waals surface area (Å²) in [4.78, 5) is 0. The Kier molecular flexibility index (Phi) is 4.10. The first-order valence-corrected chi connectivity index (χ1v) is 5.00. The standard InChI is InChI=1S/C10H19N3O/c1-4-7-13-9(5-6-12-13)10(11)8(2)14-3/h5-6,8,10H,4,7,11H2,1-3H3. The van der Waals surface area contributed by atoms with E-state index in [0.717, 1.165) is 18.7 Å². The van der Waals surface area contributed by atoms with Crippen molar-refractivity contribution >= 4 is 0 Å². The third-order valence-corrected chi connectivity index (χ3v) is 2.40. The first kappa shape index (κ1) is 11.2. The van der Waals surface area contributed by atoms with E-state index in [1.807, 2.05) is 17.7 Å². The molecule has 0 saturated heterocycles. The SMILES string of the molecule is CCCn1nccc1C(N)C(C)OC. The van der Waals surface area contributed by atoms with E-state index in [-0.39, 0.29) is 12.1 Å². The maximum Gasteiger partial charge on any atom is 0.0751 e. The number of hydrogen-bond acceptors (Lipinski definition) is 3. The van der Waals surface area contributed by atoms with Crippen LogP contribution in [-0.2, 0) is 11.3 Å². The van der Waals surface area contributed by atoms with Gasteiger partial charge in [0.25, 0.3) is 0 Å². The Morgan fingerprint density at radius 3 is 2.93 bits per heavy atom. The number of aromatic nitrogens is 2. The van der Waals surface area contributed by atoms with Crippen LogP contribution < -0.4 is 5.73 Å². The summed E-state index contributed by atoms with van der Waals surface area (Å²) in [5.41, 5.74) is 7.08. The van der Waals surface area contributed by atoms with Gasteiger partial charge in [0, 0.05) is 19.9 Å². The molecule has 14 heavy (non-hydrogen) atoms. The Balaban J connectivity index is 2.77. The van der Waals surface area contributed by atoms with Gasteiger partial charge in [-0.25, -0.2) is 0 Å². The fraction of sp³-hybridized carbons (Fsp3) is 0.700. The molecule has 4 nitrogen and oxygen atoms in total. The highest BCUT2D eigenvalue weighted by molar-refractivity contribution is 5.07. The van der Waals surface area contributed by atoms with Crippen molar-refractivity contribution in [2.75, 3.05) is 7.11 Å². The van der Waals surface area contributed by atoms with Gasteiger partial charge in [0.1, 0.15) is 0 Å². The lowest BCUT2D eigenvalue weighted by Gasteiger charge is -2.19. The molecule has 1 rings (SSSR count). The molecular weight excluding hydrogens is 178 g/mol. The zero-order valence-corrected chi connectivity index (χ0v) is 9.10. The highest BCUT2D eigenvalue weighted by atomic mass is 16.5. The number of methoxy groups -OCH3 is 1. The Hall–Kier alpha value is -0.870. The van der Waals surface area contributed by atoms with Gasteiger partial charge in [-0.15, -0.1) is 0 Å². The second-order valence-corrected chi connectivity index (χ2v) is 3.45. The minimum absolute atomic E-state index is 0.0160. The normalized spacial score (nSPS) is 15.4. The lowest BCUT2D eigenvalue weighted by molar-refractivity contribution is 0.0929. The number of nitrogens with two attached hydrogens (primary N) is 1. The van der Waals surface area contributed by atoms with Crippen molar-refractivity contribution in [1.29, 1.82) is 0 Å². The second kappa shape index (κ2) is 5.12. The number of ether oxygens (including phenoxy) is 1. The van der Waals surface area contributed by atoms with E-state index in [2.05, 4.69) is 12.0 Å². The Labute approximate surface area is 85.0 Å².